The Balaban J connectivity index is 1.48. The van der Waals surface area contributed by atoms with E-state index in [0.29, 0.717) is 24.2 Å². The van der Waals surface area contributed by atoms with Crippen molar-refractivity contribution in [3.8, 4) is 0 Å². The van der Waals surface area contributed by atoms with Gasteiger partial charge >= 0.3 is 0 Å². The third-order valence-corrected chi connectivity index (χ3v) is 7.75. The highest BCUT2D eigenvalue weighted by molar-refractivity contribution is 7.18. The van der Waals surface area contributed by atoms with E-state index in [1.807, 2.05) is 6.07 Å². The van der Waals surface area contributed by atoms with Crippen LogP contribution in [0.5, 0.6) is 0 Å². The van der Waals surface area contributed by atoms with Gasteiger partial charge in [-0.15, -0.1) is 22.7 Å². The van der Waals surface area contributed by atoms with Gasteiger partial charge in [-0.1, -0.05) is 0 Å². The van der Waals surface area contributed by atoms with Gasteiger partial charge in [-0.3, -0.25) is 4.90 Å². The van der Waals surface area contributed by atoms with Crippen LogP contribution in [0.1, 0.15) is 24.1 Å². The highest BCUT2D eigenvalue weighted by Gasteiger charge is 2.32. The van der Waals surface area contributed by atoms with Crippen LogP contribution in [-0.4, -0.2) is 45.7 Å². The lowest BCUT2D eigenvalue weighted by molar-refractivity contribution is 0.188. The summed E-state index contributed by atoms with van der Waals surface area (Å²) in [7, 11) is 0. The zero-order chi connectivity index (χ0) is 20.0. The summed E-state index contributed by atoms with van der Waals surface area (Å²) >= 11 is 3.14. The van der Waals surface area contributed by atoms with Crippen LogP contribution in [0.2, 0.25) is 0 Å². The number of thiazole rings is 1. The molecule has 0 radical (unpaired) electrons. The summed E-state index contributed by atoms with van der Waals surface area (Å²) in [5.41, 5.74) is 3.79. The molecule has 1 saturated heterocycles. The van der Waals surface area contributed by atoms with E-state index in [1.165, 1.54) is 22.3 Å². The summed E-state index contributed by atoms with van der Waals surface area (Å²) in [6.45, 7) is 4.13. The predicted molar refractivity (Wildman–Crippen MR) is 118 cm³/mol. The highest BCUT2D eigenvalue weighted by Crippen LogP contribution is 2.41. The lowest BCUT2D eigenvalue weighted by Gasteiger charge is -2.23. The molecule has 1 aliphatic rings. The lowest BCUT2D eigenvalue weighted by atomic mass is 9.99. The van der Waals surface area contributed by atoms with Crippen molar-refractivity contribution in [2.75, 3.05) is 25.0 Å². The van der Waals surface area contributed by atoms with Crippen molar-refractivity contribution in [3.63, 3.8) is 0 Å². The Bertz CT molecular complexity index is 1170. The topological polar surface area (TPSA) is 61.3 Å². The molecule has 5 rings (SSSR count). The maximum absolute atomic E-state index is 14.6. The van der Waals surface area contributed by atoms with Gasteiger partial charge in [0.2, 0.25) is 0 Å². The summed E-state index contributed by atoms with van der Waals surface area (Å²) in [5.74, 6) is 0.142. The van der Waals surface area contributed by atoms with Crippen LogP contribution in [0.15, 0.2) is 36.0 Å². The van der Waals surface area contributed by atoms with Gasteiger partial charge in [0.1, 0.15) is 10.6 Å². The number of aromatic nitrogens is 2. The molecule has 0 aliphatic carbocycles. The average molecular weight is 429 g/mol. The molecule has 1 fully saturated rings. The lowest BCUT2D eigenvalue weighted by Crippen LogP contribution is -2.31. The second-order valence-corrected chi connectivity index (χ2v) is 9.35. The highest BCUT2D eigenvalue weighted by atomic mass is 32.1. The van der Waals surface area contributed by atoms with Gasteiger partial charge in [0.15, 0.2) is 0 Å². The first kappa shape index (κ1) is 18.9. The molecule has 0 saturated carbocycles. The molecule has 3 aromatic heterocycles. The molecule has 150 valence electrons. The maximum atomic E-state index is 14.6. The maximum Gasteiger partial charge on any atom is 0.148 e. The minimum absolute atomic E-state index is 0.188. The fourth-order valence-corrected chi connectivity index (χ4v) is 6.14. The van der Waals surface area contributed by atoms with Gasteiger partial charge in [0.05, 0.1) is 33.7 Å². The predicted octanol–water partition coefficient (Wildman–Crippen LogP) is 4.96. The molecule has 0 spiro atoms. The number of likely N-dealkylation sites (tertiary alicyclic amines) is 1. The number of halogens is 1. The van der Waals surface area contributed by atoms with E-state index in [4.69, 9.17) is 0 Å². The molecule has 1 aliphatic heterocycles. The van der Waals surface area contributed by atoms with Crippen molar-refractivity contribution in [2.45, 2.75) is 25.3 Å². The molecule has 4 aromatic rings. The molecule has 2 atom stereocenters. The fourth-order valence-electron chi connectivity index (χ4n) is 4.20. The van der Waals surface area contributed by atoms with Crippen molar-refractivity contribution in [1.82, 2.24) is 14.9 Å². The van der Waals surface area contributed by atoms with E-state index in [2.05, 4.69) is 33.2 Å². The number of fused-ring (bicyclic) bond motifs is 2. The van der Waals surface area contributed by atoms with E-state index in [9.17, 15) is 9.50 Å². The van der Waals surface area contributed by atoms with E-state index < -0.39 is 0 Å². The Morgan fingerprint density at radius 2 is 2.17 bits per heavy atom. The van der Waals surface area contributed by atoms with Gasteiger partial charge in [0.25, 0.3) is 0 Å². The van der Waals surface area contributed by atoms with Gasteiger partial charge in [-0.25, -0.2) is 14.4 Å². The Morgan fingerprint density at radius 3 is 3.03 bits per heavy atom. The first-order valence-electron chi connectivity index (χ1n) is 9.67. The van der Waals surface area contributed by atoms with Gasteiger partial charge < -0.3 is 10.4 Å². The fraction of sp³-hybridized carbons (Fsp3) is 0.333. The van der Waals surface area contributed by atoms with Crippen molar-refractivity contribution in [3.05, 3.63) is 46.7 Å². The number of hydrogen-bond acceptors (Lipinski definition) is 7. The minimum atomic E-state index is -0.286. The van der Waals surface area contributed by atoms with Crippen LogP contribution in [0.3, 0.4) is 0 Å². The Kier molecular flexibility index (Phi) is 4.95. The second-order valence-electron chi connectivity index (χ2n) is 7.40. The second kappa shape index (κ2) is 7.60. The zero-order valence-corrected chi connectivity index (χ0v) is 17.6. The molecule has 2 unspecified atom stereocenters. The average Bonchev–Trinajstić information content (AvgIpc) is 3.42. The van der Waals surface area contributed by atoms with Gasteiger partial charge in [-0.2, -0.15) is 0 Å². The molecular weight excluding hydrogens is 407 g/mol. The van der Waals surface area contributed by atoms with Crippen LogP contribution in [-0.2, 0) is 0 Å². The molecule has 0 amide bonds. The largest absolute Gasteiger partial charge is 0.395 e. The summed E-state index contributed by atoms with van der Waals surface area (Å²) in [4.78, 5) is 13.4. The van der Waals surface area contributed by atoms with Crippen LogP contribution < -0.4 is 5.32 Å². The van der Waals surface area contributed by atoms with Crippen LogP contribution >= 0.6 is 22.7 Å². The van der Waals surface area contributed by atoms with Gasteiger partial charge in [-0.05, 0) is 44.2 Å². The number of rotatable bonds is 5. The van der Waals surface area contributed by atoms with E-state index in [1.54, 1.807) is 29.1 Å². The SMILES string of the molecule is CC1C(c2cc3c(Nc4cc5ncsc5cc4F)ccnc3s2)CCN1CCO. The number of aliphatic hydroxyl groups is 1. The van der Waals surface area contributed by atoms with Crippen molar-refractivity contribution < 1.29 is 9.50 Å². The number of thiophene rings is 1. The number of anilines is 2. The molecule has 0 bridgehead atoms. The Hall–Kier alpha value is -2.13. The molecule has 4 heterocycles. The first-order valence-corrected chi connectivity index (χ1v) is 11.4. The summed E-state index contributed by atoms with van der Waals surface area (Å²) in [6, 6.07) is 7.75. The summed E-state index contributed by atoms with van der Waals surface area (Å²) < 4.78 is 15.4. The van der Waals surface area contributed by atoms with Crippen LogP contribution in [0, 0.1) is 5.82 Å². The molecule has 8 heteroatoms. The summed E-state index contributed by atoms with van der Waals surface area (Å²) in [6.07, 6.45) is 2.84. The first-order chi connectivity index (χ1) is 14.1. The molecule has 5 nitrogen and oxygen atoms in total. The van der Waals surface area contributed by atoms with E-state index in [0.717, 1.165) is 39.1 Å². The quantitative estimate of drug-likeness (QED) is 0.471. The molecule has 29 heavy (non-hydrogen) atoms. The number of hydrogen-bond donors (Lipinski definition) is 2. The van der Waals surface area contributed by atoms with Crippen LogP contribution in [0.25, 0.3) is 20.4 Å². The molecular formula is C21H21FN4OS2. The van der Waals surface area contributed by atoms with Crippen LogP contribution in [0.4, 0.5) is 15.8 Å². The third-order valence-electron chi connectivity index (χ3n) is 5.78. The summed E-state index contributed by atoms with van der Waals surface area (Å²) in [5, 5.41) is 13.5. The normalized spacial score (nSPS) is 20.1. The zero-order valence-electron chi connectivity index (χ0n) is 15.9. The number of nitrogens with zero attached hydrogens (tertiary/aromatic N) is 3. The number of aliphatic hydroxyl groups excluding tert-OH is 1. The third kappa shape index (κ3) is 3.40. The Labute approximate surface area is 175 Å². The van der Waals surface area contributed by atoms with Gasteiger partial charge in [0, 0.05) is 35.0 Å². The standard InChI is InChI=1S/C21H21FN4OS2/c1-12-13(3-5-26(12)6-7-27)19-8-14-16(2-4-23-21(14)29-19)25-17-10-18-20(9-15(17)22)28-11-24-18/h2,4,8-13,27H,3,5-7H2,1H3,(H,23,25). The molecule has 2 N–H and O–H groups in total. The minimum Gasteiger partial charge on any atom is -0.395 e. The van der Waals surface area contributed by atoms with Crippen molar-refractivity contribution >= 4 is 54.5 Å². The number of nitrogens with one attached hydrogen (secondary N) is 1. The van der Waals surface area contributed by atoms with Crippen molar-refractivity contribution in [2.24, 2.45) is 0 Å². The number of β-amino-alcohol motifs (C(OH)–C–C–N with tert-alkyl or cyclic N) is 1. The molecule has 1 aromatic carbocycles. The van der Waals surface area contributed by atoms with E-state index >= 15 is 0 Å². The van der Waals surface area contributed by atoms with Crippen molar-refractivity contribution in [1.29, 1.82) is 0 Å². The number of benzene rings is 1. The monoisotopic (exact) mass is 428 g/mol. The Morgan fingerprint density at radius 1 is 1.28 bits per heavy atom. The number of pyridine rings is 1. The smallest absolute Gasteiger partial charge is 0.148 e. The van der Waals surface area contributed by atoms with E-state index in [-0.39, 0.29) is 12.4 Å².